The van der Waals surface area contributed by atoms with E-state index >= 15 is 0 Å². The number of hydrogen-bond acceptors (Lipinski definition) is 4. The van der Waals surface area contributed by atoms with Crippen LogP contribution in [0.2, 0.25) is 0 Å². The summed E-state index contributed by atoms with van der Waals surface area (Å²) < 4.78 is 34.8. The Morgan fingerprint density at radius 1 is 1.17 bits per heavy atom. The lowest BCUT2D eigenvalue weighted by Gasteiger charge is -2.22. The molecule has 1 aliphatic heterocycles. The van der Waals surface area contributed by atoms with E-state index in [9.17, 15) is 8.42 Å². The fourth-order valence-corrected chi connectivity index (χ4v) is 3.44. The van der Waals surface area contributed by atoms with Crippen LogP contribution >= 0.6 is 0 Å². The molecule has 1 fully saturated rings. The molecule has 0 bridgehead atoms. The van der Waals surface area contributed by atoms with Gasteiger partial charge in [-0.05, 0) is 44.9 Å². The highest BCUT2D eigenvalue weighted by Gasteiger charge is 2.13. The Bertz CT molecular complexity index is 474. The summed E-state index contributed by atoms with van der Waals surface area (Å²) in [5.74, 6) is 0. The zero-order chi connectivity index (χ0) is 17.7. The van der Waals surface area contributed by atoms with E-state index < -0.39 is 9.84 Å². The van der Waals surface area contributed by atoms with Gasteiger partial charge in [0, 0.05) is 24.2 Å². The van der Waals surface area contributed by atoms with Crippen LogP contribution in [-0.2, 0) is 19.3 Å². The molecule has 0 aromatic rings. The lowest BCUT2D eigenvalue weighted by Crippen LogP contribution is -2.22. The largest absolute Gasteiger partial charge is 0.353 e. The van der Waals surface area contributed by atoms with Crippen LogP contribution in [0.15, 0.2) is 23.1 Å². The van der Waals surface area contributed by atoms with Gasteiger partial charge in [0.1, 0.15) is 0 Å². The molecule has 0 radical (unpaired) electrons. The zero-order valence-electron chi connectivity index (χ0n) is 15.3. The summed E-state index contributed by atoms with van der Waals surface area (Å²) in [6, 6.07) is 0. The second kappa shape index (κ2) is 12.7. The summed E-state index contributed by atoms with van der Waals surface area (Å²) in [4.78, 5) is 0.543. The number of allylic oxidation sites excluding steroid dienone is 4. The molecule has 1 aliphatic rings. The van der Waals surface area contributed by atoms with Gasteiger partial charge in [-0.2, -0.15) is 0 Å². The van der Waals surface area contributed by atoms with Crippen molar-refractivity contribution in [3.05, 3.63) is 23.1 Å². The van der Waals surface area contributed by atoms with Crippen LogP contribution in [-0.4, -0.2) is 34.2 Å². The molecule has 24 heavy (non-hydrogen) atoms. The molecule has 0 aromatic heterocycles. The molecule has 0 spiro atoms. The summed E-state index contributed by atoms with van der Waals surface area (Å²) in [5, 5.41) is 0. The van der Waals surface area contributed by atoms with E-state index in [1.807, 2.05) is 12.2 Å². The first-order valence-electron chi connectivity index (χ1n) is 9.31. The van der Waals surface area contributed by atoms with Gasteiger partial charge in [0.15, 0.2) is 16.1 Å². The van der Waals surface area contributed by atoms with Gasteiger partial charge in [-0.1, -0.05) is 38.0 Å². The number of ether oxygens (including phenoxy) is 2. The predicted octanol–water partition coefficient (Wildman–Crippen LogP) is 4.76. The van der Waals surface area contributed by atoms with Crippen molar-refractivity contribution in [1.82, 2.24) is 0 Å². The van der Waals surface area contributed by atoms with E-state index in [1.165, 1.54) is 12.7 Å². The van der Waals surface area contributed by atoms with Crippen molar-refractivity contribution in [2.75, 3.05) is 19.5 Å². The van der Waals surface area contributed by atoms with E-state index in [2.05, 4.69) is 13.0 Å². The van der Waals surface area contributed by atoms with Crippen LogP contribution < -0.4 is 0 Å². The minimum Gasteiger partial charge on any atom is -0.353 e. The highest BCUT2D eigenvalue weighted by Crippen LogP contribution is 2.15. The number of sulfone groups is 1. The Morgan fingerprint density at radius 2 is 2.00 bits per heavy atom. The highest BCUT2D eigenvalue weighted by molar-refractivity contribution is 7.94. The van der Waals surface area contributed by atoms with Crippen molar-refractivity contribution in [3.63, 3.8) is 0 Å². The van der Waals surface area contributed by atoms with Crippen LogP contribution in [0.3, 0.4) is 0 Å². The molecule has 1 rings (SSSR count). The van der Waals surface area contributed by atoms with Gasteiger partial charge in [-0.3, -0.25) is 0 Å². The van der Waals surface area contributed by atoms with Crippen molar-refractivity contribution in [2.24, 2.45) is 0 Å². The summed E-state index contributed by atoms with van der Waals surface area (Å²) >= 11 is 0. The van der Waals surface area contributed by atoms with Crippen LogP contribution in [0, 0.1) is 0 Å². The Morgan fingerprint density at radius 3 is 2.67 bits per heavy atom. The molecular formula is C19H34O4S. The van der Waals surface area contributed by atoms with E-state index in [1.54, 1.807) is 0 Å². The van der Waals surface area contributed by atoms with Crippen molar-refractivity contribution in [3.8, 4) is 0 Å². The smallest absolute Gasteiger partial charge is 0.171 e. The summed E-state index contributed by atoms with van der Waals surface area (Å²) in [6.45, 7) is 3.65. The lowest BCUT2D eigenvalue weighted by molar-refractivity contribution is -0.162. The standard InChI is InChI=1S/C19H34O4S/c1-3-4-5-8-13-18(24(2,20)21)14-9-6-7-11-16-22-19-15-10-12-17-23-19/h6,9,13,19H,3-5,7-8,10-12,14-17H2,1-2H3/b9-6+,18-13+. The van der Waals surface area contributed by atoms with Crippen LogP contribution in [0.5, 0.6) is 0 Å². The van der Waals surface area contributed by atoms with Crippen molar-refractivity contribution < 1.29 is 17.9 Å². The van der Waals surface area contributed by atoms with Crippen LogP contribution in [0.25, 0.3) is 0 Å². The molecule has 1 saturated heterocycles. The average molecular weight is 359 g/mol. The highest BCUT2D eigenvalue weighted by atomic mass is 32.2. The number of hydrogen-bond donors (Lipinski definition) is 0. The second-order valence-corrected chi connectivity index (χ2v) is 8.49. The maximum Gasteiger partial charge on any atom is 0.171 e. The van der Waals surface area contributed by atoms with Gasteiger partial charge in [0.05, 0.1) is 6.61 Å². The minimum atomic E-state index is -3.10. The fraction of sp³-hybridized carbons (Fsp3) is 0.789. The van der Waals surface area contributed by atoms with E-state index in [4.69, 9.17) is 9.47 Å². The van der Waals surface area contributed by atoms with E-state index in [-0.39, 0.29) is 6.29 Å². The van der Waals surface area contributed by atoms with Crippen LogP contribution in [0.1, 0.15) is 71.1 Å². The van der Waals surface area contributed by atoms with Crippen molar-refractivity contribution >= 4 is 9.84 Å². The first-order valence-corrected chi connectivity index (χ1v) is 11.2. The molecule has 4 nitrogen and oxygen atoms in total. The third-order valence-corrected chi connectivity index (χ3v) is 5.38. The molecule has 1 unspecified atom stereocenters. The second-order valence-electron chi connectivity index (χ2n) is 6.42. The summed E-state index contributed by atoms with van der Waals surface area (Å²) in [5.41, 5.74) is 0. The molecule has 0 N–H and O–H groups in total. The van der Waals surface area contributed by atoms with Gasteiger partial charge in [-0.25, -0.2) is 8.42 Å². The first kappa shape index (κ1) is 21.4. The lowest BCUT2D eigenvalue weighted by atomic mass is 10.2. The third-order valence-electron chi connectivity index (χ3n) is 4.10. The van der Waals surface area contributed by atoms with Gasteiger partial charge in [0.2, 0.25) is 0 Å². The summed E-state index contributed by atoms with van der Waals surface area (Å²) in [7, 11) is -3.10. The quantitative estimate of drug-likeness (QED) is 0.373. The average Bonchev–Trinajstić information content (AvgIpc) is 2.55. The molecule has 140 valence electrons. The van der Waals surface area contributed by atoms with Gasteiger partial charge in [0.25, 0.3) is 0 Å². The monoisotopic (exact) mass is 358 g/mol. The predicted molar refractivity (Wildman–Crippen MR) is 99.6 cm³/mol. The molecule has 0 aromatic carbocycles. The van der Waals surface area contributed by atoms with Gasteiger partial charge < -0.3 is 9.47 Å². The Hall–Kier alpha value is -0.650. The maximum atomic E-state index is 11.8. The van der Waals surface area contributed by atoms with Gasteiger partial charge >= 0.3 is 0 Å². The number of unbranched alkanes of at least 4 members (excludes halogenated alkanes) is 4. The topological polar surface area (TPSA) is 52.6 Å². The van der Waals surface area contributed by atoms with E-state index in [0.717, 1.165) is 58.0 Å². The third kappa shape index (κ3) is 10.3. The number of rotatable bonds is 12. The SMILES string of the molecule is CCCCC/C=C(\C/C=C/CCCOC1CCCCO1)S(C)(=O)=O. The molecule has 5 heteroatoms. The van der Waals surface area contributed by atoms with Crippen molar-refractivity contribution in [1.29, 1.82) is 0 Å². The molecular weight excluding hydrogens is 324 g/mol. The molecule has 1 atom stereocenters. The Labute approximate surface area is 148 Å². The maximum absolute atomic E-state index is 11.8. The fourth-order valence-electron chi connectivity index (χ4n) is 2.62. The van der Waals surface area contributed by atoms with E-state index in [0.29, 0.717) is 17.9 Å². The molecule has 0 saturated carbocycles. The zero-order valence-corrected chi connectivity index (χ0v) is 16.2. The molecule has 1 heterocycles. The van der Waals surface area contributed by atoms with Crippen molar-refractivity contribution in [2.45, 2.75) is 77.4 Å². The van der Waals surface area contributed by atoms with Gasteiger partial charge in [-0.15, -0.1) is 0 Å². The molecule has 0 aliphatic carbocycles. The Balaban J connectivity index is 2.21. The summed E-state index contributed by atoms with van der Waals surface area (Å²) in [6.07, 6.45) is 17.0. The minimum absolute atomic E-state index is 0.0226. The van der Waals surface area contributed by atoms with Crippen LogP contribution in [0.4, 0.5) is 0 Å². The Kier molecular flexibility index (Phi) is 11.3. The first-order chi connectivity index (χ1) is 11.5. The normalized spacial score (nSPS) is 19.9. The molecule has 0 amide bonds.